The molecule has 1 fully saturated rings. The first-order valence-electron chi connectivity index (χ1n) is 11.0. The highest BCUT2D eigenvalue weighted by Crippen LogP contribution is 2.31. The molecule has 172 valence electrons. The lowest BCUT2D eigenvalue weighted by atomic mass is 9.99. The fourth-order valence-corrected chi connectivity index (χ4v) is 6.06. The van der Waals surface area contributed by atoms with Crippen molar-refractivity contribution in [2.45, 2.75) is 51.0 Å². The maximum Gasteiger partial charge on any atom is 0.243 e. The van der Waals surface area contributed by atoms with Gasteiger partial charge < -0.3 is 14.6 Å². The second-order valence-electron chi connectivity index (χ2n) is 8.50. The average Bonchev–Trinajstić information content (AvgIpc) is 3.21. The molecule has 2 aliphatic heterocycles. The Morgan fingerprint density at radius 3 is 2.69 bits per heavy atom. The first-order chi connectivity index (χ1) is 15.3. The molecule has 1 N–H and O–H groups in total. The summed E-state index contributed by atoms with van der Waals surface area (Å²) in [5.41, 5.74) is 1.65. The normalized spacial score (nSPS) is 19.4. The maximum atomic E-state index is 13.3. The smallest absolute Gasteiger partial charge is 0.243 e. The van der Waals surface area contributed by atoms with Crippen molar-refractivity contribution in [2.75, 3.05) is 24.5 Å². The maximum absolute atomic E-state index is 13.3. The number of aryl methyl sites for hydroxylation is 2. The molecule has 0 aliphatic carbocycles. The number of carbonyl (C=O) groups excluding carboxylic acids is 2. The summed E-state index contributed by atoms with van der Waals surface area (Å²) < 4.78 is 33.6. The Hall–Kier alpha value is -2.65. The molecule has 1 saturated heterocycles. The molecule has 2 amide bonds. The predicted molar refractivity (Wildman–Crippen MR) is 120 cm³/mol. The van der Waals surface area contributed by atoms with Crippen molar-refractivity contribution in [3.63, 3.8) is 0 Å². The number of carbonyl (C=O) groups is 2. The van der Waals surface area contributed by atoms with E-state index in [0.29, 0.717) is 31.7 Å². The quantitative estimate of drug-likeness (QED) is 0.741. The molecule has 4 rings (SSSR count). The highest BCUT2D eigenvalue weighted by atomic mass is 32.2. The zero-order chi connectivity index (χ0) is 22.9. The van der Waals surface area contributed by atoms with Crippen LogP contribution in [0.3, 0.4) is 0 Å². The van der Waals surface area contributed by atoms with E-state index < -0.39 is 15.9 Å². The number of piperidine rings is 1. The van der Waals surface area contributed by atoms with Crippen molar-refractivity contribution in [2.24, 2.45) is 5.92 Å². The Morgan fingerprint density at radius 1 is 1.16 bits per heavy atom. The largest absolute Gasteiger partial charge is 0.465 e. The summed E-state index contributed by atoms with van der Waals surface area (Å²) in [4.78, 5) is 26.5. The number of nitrogens with one attached hydrogen (secondary N) is 1. The first-order valence-corrected chi connectivity index (χ1v) is 12.4. The van der Waals surface area contributed by atoms with Crippen LogP contribution >= 0.6 is 0 Å². The molecule has 1 atom stereocenters. The summed E-state index contributed by atoms with van der Waals surface area (Å²) in [7, 11) is -3.73. The predicted octanol–water partition coefficient (Wildman–Crippen LogP) is 2.60. The van der Waals surface area contributed by atoms with Crippen molar-refractivity contribution < 1.29 is 22.4 Å². The van der Waals surface area contributed by atoms with Crippen LogP contribution in [-0.2, 0) is 32.6 Å². The molecule has 1 aromatic heterocycles. The van der Waals surface area contributed by atoms with Crippen molar-refractivity contribution in [3.05, 3.63) is 47.4 Å². The van der Waals surface area contributed by atoms with Gasteiger partial charge in [0.1, 0.15) is 11.5 Å². The summed E-state index contributed by atoms with van der Waals surface area (Å²) in [5.74, 6) is 0.837. The fraction of sp³-hybridized carbons (Fsp3) is 0.478. The van der Waals surface area contributed by atoms with E-state index in [1.54, 1.807) is 23.1 Å². The van der Waals surface area contributed by atoms with Gasteiger partial charge in [-0.15, -0.1) is 0 Å². The summed E-state index contributed by atoms with van der Waals surface area (Å²) in [6.07, 6.45) is 2.81. The monoisotopic (exact) mass is 459 g/mol. The van der Waals surface area contributed by atoms with E-state index in [1.807, 2.05) is 19.1 Å². The van der Waals surface area contributed by atoms with Crippen LogP contribution in [0.15, 0.2) is 39.6 Å². The zero-order valence-electron chi connectivity index (χ0n) is 18.5. The number of benzene rings is 1. The molecule has 9 heteroatoms. The molecule has 1 aromatic carbocycles. The molecular weight excluding hydrogens is 430 g/mol. The minimum Gasteiger partial charge on any atom is -0.465 e. The molecule has 2 aliphatic rings. The number of hydrogen-bond donors (Lipinski definition) is 1. The minimum atomic E-state index is -3.73. The van der Waals surface area contributed by atoms with Gasteiger partial charge in [-0.25, -0.2) is 8.42 Å². The third-order valence-corrected chi connectivity index (χ3v) is 8.04. The SMILES string of the molecule is CC(=O)N1CCCc2cc(S(=O)(=O)N3CCCC(C(=O)NCc4ccc(C)o4)C3)ccc21. The van der Waals surface area contributed by atoms with E-state index in [1.165, 1.54) is 11.2 Å². The summed E-state index contributed by atoms with van der Waals surface area (Å²) in [5, 5.41) is 2.86. The van der Waals surface area contributed by atoms with E-state index in [9.17, 15) is 18.0 Å². The zero-order valence-corrected chi connectivity index (χ0v) is 19.3. The highest BCUT2D eigenvalue weighted by Gasteiger charge is 2.34. The Kier molecular flexibility index (Phi) is 6.39. The number of nitrogens with zero attached hydrogens (tertiary/aromatic N) is 2. The van der Waals surface area contributed by atoms with Gasteiger partial charge in [0, 0.05) is 32.2 Å². The first kappa shape index (κ1) is 22.5. The number of fused-ring (bicyclic) bond motifs is 1. The molecule has 0 radical (unpaired) electrons. The highest BCUT2D eigenvalue weighted by molar-refractivity contribution is 7.89. The van der Waals surface area contributed by atoms with E-state index in [4.69, 9.17) is 4.42 Å². The summed E-state index contributed by atoms with van der Waals surface area (Å²) >= 11 is 0. The third kappa shape index (κ3) is 4.59. The van der Waals surface area contributed by atoms with Gasteiger partial charge in [-0.3, -0.25) is 9.59 Å². The Morgan fingerprint density at radius 2 is 1.97 bits per heavy atom. The van der Waals surface area contributed by atoms with Crippen LogP contribution in [0.1, 0.15) is 43.3 Å². The van der Waals surface area contributed by atoms with Crippen molar-refractivity contribution in [1.29, 1.82) is 0 Å². The molecule has 1 unspecified atom stereocenters. The van der Waals surface area contributed by atoms with Gasteiger partial charge in [0.2, 0.25) is 21.8 Å². The van der Waals surface area contributed by atoms with E-state index in [2.05, 4.69) is 5.32 Å². The number of furan rings is 1. The van der Waals surface area contributed by atoms with Crippen LogP contribution in [0.25, 0.3) is 0 Å². The number of sulfonamides is 1. The van der Waals surface area contributed by atoms with Crippen molar-refractivity contribution >= 4 is 27.5 Å². The fourth-order valence-electron chi connectivity index (χ4n) is 4.48. The van der Waals surface area contributed by atoms with Crippen LogP contribution in [0.2, 0.25) is 0 Å². The average molecular weight is 460 g/mol. The van der Waals surface area contributed by atoms with Crippen LogP contribution in [-0.4, -0.2) is 44.2 Å². The summed E-state index contributed by atoms with van der Waals surface area (Å²) in [6, 6.07) is 8.63. The number of anilines is 1. The summed E-state index contributed by atoms with van der Waals surface area (Å²) in [6.45, 7) is 4.84. The standard InChI is InChI=1S/C23H29N3O5S/c1-16-7-8-20(31-16)14-24-23(28)19-6-3-11-25(15-19)32(29,30)21-9-10-22-18(13-21)5-4-12-26(22)17(2)27/h7-10,13,19H,3-6,11-12,14-15H2,1-2H3,(H,24,28). The lowest BCUT2D eigenvalue weighted by Crippen LogP contribution is -2.45. The van der Waals surface area contributed by atoms with Gasteiger partial charge in [0.25, 0.3) is 0 Å². The van der Waals surface area contributed by atoms with Crippen LogP contribution in [0, 0.1) is 12.8 Å². The van der Waals surface area contributed by atoms with Gasteiger partial charge in [0.15, 0.2) is 0 Å². The molecule has 0 bridgehead atoms. The lowest BCUT2D eigenvalue weighted by Gasteiger charge is -2.32. The van der Waals surface area contributed by atoms with Gasteiger partial charge in [0.05, 0.1) is 17.4 Å². The second-order valence-corrected chi connectivity index (χ2v) is 10.4. The number of hydrogen-bond acceptors (Lipinski definition) is 5. The molecule has 2 aromatic rings. The molecule has 0 spiro atoms. The van der Waals surface area contributed by atoms with Crippen LogP contribution < -0.4 is 10.2 Å². The van der Waals surface area contributed by atoms with E-state index in [-0.39, 0.29) is 29.8 Å². The van der Waals surface area contributed by atoms with Crippen molar-refractivity contribution in [3.8, 4) is 0 Å². The van der Waals surface area contributed by atoms with E-state index >= 15 is 0 Å². The van der Waals surface area contributed by atoms with Gasteiger partial charge in [-0.2, -0.15) is 4.31 Å². The van der Waals surface area contributed by atoms with Crippen molar-refractivity contribution in [1.82, 2.24) is 9.62 Å². The van der Waals surface area contributed by atoms with Gasteiger partial charge >= 0.3 is 0 Å². The van der Waals surface area contributed by atoms with E-state index in [0.717, 1.165) is 29.9 Å². The molecule has 3 heterocycles. The Bertz CT molecular complexity index is 1120. The molecule has 32 heavy (non-hydrogen) atoms. The Balaban J connectivity index is 1.46. The Labute approximate surface area is 188 Å². The molecular formula is C23H29N3O5S. The number of amides is 2. The van der Waals surface area contributed by atoms with Gasteiger partial charge in [-0.1, -0.05) is 0 Å². The van der Waals surface area contributed by atoms with Crippen LogP contribution in [0.4, 0.5) is 5.69 Å². The minimum absolute atomic E-state index is 0.0452. The second kappa shape index (κ2) is 9.07. The topological polar surface area (TPSA) is 99.9 Å². The molecule has 8 nitrogen and oxygen atoms in total. The van der Waals surface area contributed by atoms with Crippen LogP contribution in [0.5, 0.6) is 0 Å². The third-order valence-electron chi connectivity index (χ3n) is 6.18. The lowest BCUT2D eigenvalue weighted by molar-refractivity contribution is -0.126. The van der Waals surface area contributed by atoms with Gasteiger partial charge in [-0.05, 0) is 68.5 Å². The molecule has 0 saturated carbocycles. The number of rotatable bonds is 5.